The zero-order valence-electron chi connectivity index (χ0n) is 17.9. The Bertz CT molecular complexity index is 1250. The molecule has 2 aliphatic rings. The highest BCUT2D eigenvalue weighted by Gasteiger charge is 2.49. The monoisotopic (exact) mass is 432 g/mol. The number of amides is 2. The Morgan fingerprint density at radius 2 is 1.97 bits per heavy atom. The van der Waals surface area contributed by atoms with Crippen LogP contribution in [0.15, 0.2) is 48.5 Å². The Morgan fingerprint density at radius 1 is 1.19 bits per heavy atom. The third kappa shape index (κ3) is 2.97. The number of nitro groups is 1. The number of rotatable bonds is 4. The smallest absolute Gasteiger partial charge is 0.269 e. The number of hydrogen-bond acceptors (Lipinski definition) is 4. The Hall–Kier alpha value is -3.68. The minimum absolute atomic E-state index is 0.0192. The molecule has 3 heterocycles. The van der Waals surface area contributed by atoms with E-state index in [0.29, 0.717) is 12.0 Å². The Balaban J connectivity index is 1.71. The first kappa shape index (κ1) is 20.2. The minimum Gasteiger partial charge on any atom is -0.356 e. The summed E-state index contributed by atoms with van der Waals surface area (Å²) in [6.07, 6.45) is 1.18. The maximum absolute atomic E-state index is 13.5. The number of benzene rings is 2. The molecule has 3 aromatic rings. The van der Waals surface area contributed by atoms with E-state index in [-0.39, 0.29) is 30.1 Å². The van der Waals surface area contributed by atoms with Crippen LogP contribution in [-0.4, -0.2) is 50.1 Å². The van der Waals surface area contributed by atoms with Gasteiger partial charge in [-0.15, -0.1) is 0 Å². The molecule has 0 saturated carbocycles. The van der Waals surface area contributed by atoms with Crippen LogP contribution in [0.1, 0.15) is 43.1 Å². The van der Waals surface area contributed by atoms with Crippen molar-refractivity contribution in [2.75, 3.05) is 6.54 Å². The summed E-state index contributed by atoms with van der Waals surface area (Å²) in [6.45, 7) is 3.98. The van der Waals surface area contributed by atoms with Crippen LogP contribution in [0.3, 0.4) is 0 Å². The number of non-ortho nitro benzene ring substituents is 1. The van der Waals surface area contributed by atoms with Crippen LogP contribution >= 0.6 is 0 Å². The van der Waals surface area contributed by atoms with Gasteiger partial charge in [0.15, 0.2) is 0 Å². The Morgan fingerprint density at radius 3 is 2.72 bits per heavy atom. The molecule has 5 rings (SSSR count). The second-order valence-corrected chi connectivity index (χ2v) is 8.56. The predicted molar refractivity (Wildman–Crippen MR) is 119 cm³/mol. The molecule has 2 aliphatic heterocycles. The molecule has 0 aliphatic carbocycles. The van der Waals surface area contributed by atoms with E-state index < -0.39 is 17.0 Å². The predicted octanol–water partition coefficient (Wildman–Crippen LogP) is 3.56. The van der Waals surface area contributed by atoms with E-state index in [9.17, 15) is 19.7 Å². The third-order valence-electron chi connectivity index (χ3n) is 6.81. The average molecular weight is 432 g/mol. The highest BCUT2D eigenvalue weighted by Crippen LogP contribution is 2.43. The van der Waals surface area contributed by atoms with Crippen LogP contribution in [-0.2, 0) is 16.0 Å². The van der Waals surface area contributed by atoms with E-state index in [4.69, 9.17) is 0 Å². The number of nitro benzene ring substituents is 1. The van der Waals surface area contributed by atoms with Gasteiger partial charge in [0.25, 0.3) is 5.69 Å². The lowest BCUT2D eigenvalue weighted by molar-refractivity contribution is -0.384. The van der Waals surface area contributed by atoms with Gasteiger partial charge in [0.2, 0.25) is 11.8 Å². The molecule has 2 aromatic carbocycles. The van der Waals surface area contributed by atoms with Gasteiger partial charge in [-0.05, 0) is 30.5 Å². The first-order valence-electron chi connectivity index (χ1n) is 10.9. The van der Waals surface area contributed by atoms with Crippen molar-refractivity contribution in [1.29, 1.82) is 0 Å². The standard InChI is InChI=1S/C24H24N4O4/c1-3-14(2)26-13-21(29)27-20(24(26)30)12-18-17-9-4-5-10-19(17)25-22(18)23(27)15-7-6-8-16(11-15)28(31)32/h4-11,14,20,23,25H,3,12-13H2,1-2H3/t14?,20-,23?/m0/s1. The molecule has 8 nitrogen and oxygen atoms in total. The van der Waals surface area contributed by atoms with Crippen LogP contribution < -0.4 is 0 Å². The number of hydrogen-bond donors (Lipinski definition) is 1. The number of nitrogens with one attached hydrogen (secondary N) is 1. The van der Waals surface area contributed by atoms with Crippen molar-refractivity contribution in [1.82, 2.24) is 14.8 Å². The number of para-hydroxylation sites is 1. The average Bonchev–Trinajstić information content (AvgIpc) is 3.18. The van der Waals surface area contributed by atoms with Crippen molar-refractivity contribution in [3.63, 3.8) is 0 Å². The van der Waals surface area contributed by atoms with Crippen LogP contribution in [0.2, 0.25) is 0 Å². The second-order valence-electron chi connectivity index (χ2n) is 8.56. The summed E-state index contributed by atoms with van der Waals surface area (Å²) >= 11 is 0. The summed E-state index contributed by atoms with van der Waals surface area (Å²) in [5, 5.41) is 12.4. The number of fused-ring (bicyclic) bond motifs is 4. The Labute approximate surface area is 185 Å². The molecule has 0 bridgehead atoms. The first-order chi connectivity index (χ1) is 15.4. The summed E-state index contributed by atoms with van der Waals surface area (Å²) in [5.74, 6) is -0.207. The van der Waals surface area contributed by atoms with Crippen LogP contribution in [0.5, 0.6) is 0 Å². The SMILES string of the molecule is CCC(C)N1CC(=O)N2C(c3cccc([N+](=O)[O-])c3)c3[nH]c4ccccc4c3C[C@H]2C1=O. The molecule has 3 atom stereocenters. The molecule has 164 valence electrons. The van der Waals surface area contributed by atoms with Gasteiger partial charge in [0.1, 0.15) is 12.6 Å². The molecule has 0 radical (unpaired) electrons. The fourth-order valence-electron chi connectivity index (χ4n) is 5.03. The van der Waals surface area contributed by atoms with Gasteiger partial charge in [0, 0.05) is 41.2 Å². The molecule has 1 N–H and O–H groups in total. The largest absolute Gasteiger partial charge is 0.356 e. The molecular weight excluding hydrogens is 408 g/mol. The van der Waals surface area contributed by atoms with E-state index >= 15 is 0 Å². The first-order valence-corrected chi connectivity index (χ1v) is 10.9. The lowest BCUT2D eigenvalue weighted by Gasteiger charge is -2.48. The Kier molecular flexibility index (Phi) is 4.73. The van der Waals surface area contributed by atoms with E-state index in [0.717, 1.165) is 28.6 Å². The topological polar surface area (TPSA) is 99.5 Å². The fraction of sp³-hybridized carbons (Fsp3) is 0.333. The zero-order chi connectivity index (χ0) is 22.6. The maximum atomic E-state index is 13.5. The summed E-state index contributed by atoms with van der Waals surface area (Å²) in [7, 11) is 0. The zero-order valence-corrected chi connectivity index (χ0v) is 17.9. The van der Waals surface area contributed by atoms with Crippen LogP contribution in [0.4, 0.5) is 5.69 Å². The molecule has 8 heteroatoms. The molecule has 2 unspecified atom stereocenters. The van der Waals surface area contributed by atoms with Gasteiger partial charge in [0.05, 0.1) is 11.0 Å². The lowest BCUT2D eigenvalue weighted by atomic mass is 9.85. The summed E-state index contributed by atoms with van der Waals surface area (Å²) in [6, 6.07) is 12.9. The third-order valence-corrected chi connectivity index (χ3v) is 6.81. The highest BCUT2D eigenvalue weighted by atomic mass is 16.6. The van der Waals surface area contributed by atoms with Crippen molar-refractivity contribution < 1.29 is 14.5 Å². The lowest BCUT2D eigenvalue weighted by Crippen LogP contribution is -2.64. The quantitative estimate of drug-likeness (QED) is 0.503. The number of nitrogens with zero attached hydrogens (tertiary/aromatic N) is 3. The highest BCUT2D eigenvalue weighted by molar-refractivity contribution is 5.97. The van der Waals surface area contributed by atoms with Gasteiger partial charge in [-0.2, -0.15) is 0 Å². The van der Waals surface area contributed by atoms with E-state index in [1.807, 2.05) is 38.1 Å². The molecule has 0 spiro atoms. The van der Waals surface area contributed by atoms with E-state index in [1.54, 1.807) is 21.9 Å². The van der Waals surface area contributed by atoms with Crippen molar-refractivity contribution >= 4 is 28.4 Å². The van der Waals surface area contributed by atoms with Crippen molar-refractivity contribution in [3.8, 4) is 0 Å². The molecule has 2 amide bonds. The number of carbonyl (C=O) groups excluding carboxylic acids is 2. The van der Waals surface area contributed by atoms with Crippen LogP contribution in [0.25, 0.3) is 10.9 Å². The van der Waals surface area contributed by atoms with Crippen LogP contribution in [0, 0.1) is 10.1 Å². The summed E-state index contributed by atoms with van der Waals surface area (Å²) in [4.78, 5) is 44.7. The normalized spacial score (nSPS) is 21.4. The van der Waals surface area contributed by atoms with Gasteiger partial charge in [-0.1, -0.05) is 37.3 Å². The van der Waals surface area contributed by atoms with E-state index in [1.165, 1.54) is 12.1 Å². The molecule has 1 fully saturated rings. The molecule has 1 saturated heterocycles. The van der Waals surface area contributed by atoms with E-state index in [2.05, 4.69) is 4.98 Å². The van der Waals surface area contributed by atoms with Gasteiger partial charge in [-0.3, -0.25) is 19.7 Å². The fourth-order valence-corrected chi connectivity index (χ4v) is 5.03. The molecule has 1 aromatic heterocycles. The van der Waals surface area contributed by atoms with Crippen molar-refractivity contribution in [3.05, 3.63) is 75.5 Å². The number of piperazine rings is 1. The minimum atomic E-state index is -0.638. The number of aromatic amines is 1. The van der Waals surface area contributed by atoms with Gasteiger partial charge < -0.3 is 14.8 Å². The molecular formula is C24H24N4O4. The van der Waals surface area contributed by atoms with Gasteiger partial charge in [-0.25, -0.2) is 0 Å². The van der Waals surface area contributed by atoms with Crippen molar-refractivity contribution in [2.45, 2.75) is 44.8 Å². The summed E-state index contributed by atoms with van der Waals surface area (Å²) in [5.41, 5.74) is 3.31. The summed E-state index contributed by atoms with van der Waals surface area (Å²) < 4.78 is 0. The number of carbonyl (C=O) groups is 2. The van der Waals surface area contributed by atoms with Crippen molar-refractivity contribution in [2.24, 2.45) is 0 Å². The number of H-pyrrole nitrogens is 1. The maximum Gasteiger partial charge on any atom is 0.269 e. The second kappa shape index (κ2) is 7.47. The molecule has 32 heavy (non-hydrogen) atoms. The van der Waals surface area contributed by atoms with Gasteiger partial charge >= 0.3 is 0 Å². The number of aromatic nitrogens is 1.